The highest BCUT2D eigenvalue weighted by atomic mass is 16.7. The lowest BCUT2D eigenvalue weighted by Crippen LogP contribution is -2.36. The van der Waals surface area contributed by atoms with E-state index in [0.29, 0.717) is 19.7 Å². The van der Waals surface area contributed by atoms with E-state index in [2.05, 4.69) is 11.9 Å². The summed E-state index contributed by atoms with van der Waals surface area (Å²) < 4.78 is 16.2. The maximum Gasteiger partial charge on any atom is 0.234 e. The first-order chi connectivity index (χ1) is 13.5. The lowest BCUT2D eigenvalue weighted by Gasteiger charge is -2.19. The summed E-state index contributed by atoms with van der Waals surface area (Å²) >= 11 is 0. The maximum absolute atomic E-state index is 12.4. The molecule has 1 aliphatic heterocycles. The van der Waals surface area contributed by atoms with E-state index in [0.717, 1.165) is 28.4 Å². The molecule has 1 amide bonds. The summed E-state index contributed by atoms with van der Waals surface area (Å²) in [6.45, 7) is 7.30. The number of hydrogen-bond acceptors (Lipinski definition) is 5. The standard InChI is InChI=1S/C22H26N2O4/c1-4-11-26-19-8-5-17(6-9-19)13-24(3)14-22(25)23-16(2)18-7-10-20-21(12-18)28-15-27-20/h4-10,12,16H,1,11,13-15H2,2-3H3,(H,23,25)/t16-/m1/s1. The minimum absolute atomic E-state index is 0.0291. The molecule has 1 aliphatic rings. The SMILES string of the molecule is C=CCOc1ccc(CN(C)CC(=O)N[C@H](C)c2ccc3c(c2)OCO3)cc1. The van der Waals surface area contributed by atoms with Gasteiger partial charge in [0.05, 0.1) is 12.6 Å². The normalized spacial score (nSPS) is 13.2. The van der Waals surface area contributed by atoms with E-state index in [9.17, 15) is 4.79 Å². The van der Waals surface area contributed by atoms with Crippen LogP contribution in [0.1, 0.15) is 24.1 Å². The van der Waals surface area contributed by atoms with Crippen molar-refractivity contribution < 1.29 is 19.0 Å². The number of rotatable bonds is 9. The zero-order valence-corrected chi connectivity index (χ0v) is 16.3. The number of amides is 1. The second kappa shape index (κ2) is 9.28. The minimum Gasteiger partial charge on any atom is -0.490 e. The zero-order chi connectivity index (χ0) is 19.9. The molecule has 6 nitrogen and oxygen atoms in total. The van der Waals surface area contributed by atoms with Crippen LogP contribution in [0, 0.1) is 0 Å². The molecule has 0 saturated carbocycles. The van der Waals surface area contributed by atoms with Gasteiger partial charge in [-0.15, -0.1) is 0 Å². The van der Waals surface area contributed by atoms with Crippen molar-refractivity contribution in [1.82, 2.24) is 10.2 Å². The number of likely N-dealkylation sites (N-methyl/N-ethyl adjacent to an activating group) is 1. The first-order valence-electron chi connectivity index (χ1n) is 9.25. The molecule has 1 N–H and O–H groups in total. The Hall–Kier alpha value is -2.99. The molecule has 0 aromatic heterocycles. The van der Waals surface area contributed by atoms with Crippen LogP contribution >= 0.6 is 0 Å². The molecule has 0 fully saturated rings. The molecule has 0 aliphatic carbocycles. The van der Waals surface area contributed by atoms with Crippen molar-refractivity contribution >= 4 is 5.91 Å². The number of nitrogens with zero attached hydrogens (tertiary/aromatic N) is 1. The Kier molecular flexibility index (Phi) is 6.55. The van der Waals surface area contributed by atoms with Gasteiger partial charge in [-0.3, -0.25) is 9.69 Å². The molecular weight excluding hydrogens is 356 g/mol. The lowest BCUT2D eigenvalue weighted by atomic mass is 10.1. The van der Waals surface area contributed by atoms with Gasteiger partial charge >= 0.3 is 0 Å². The number of hydrogen-bond donors (Lipinski definition) is 1. The van der Waals surface area contributed by atoms with E-state index in [4.69, 9.17) is 14.2 Å². The minimum atomic E-state index is -0.114. The summed E-state index contributed by atoms with van der Waals surface area (Å²) in [7, 11) is 1.92. The molecule has 1 heterocycles. The fourth-order valence-electron chi connectivity index (χ4n) is 3.01. The largest absolute Gasteiger partial charge is 0.490 e. The molecule has 0 saturated heterocycles. The van der Waals surface area contributed by atoms with E-state index >= 15 is 0 Å². The number of carbonyl (C=O) groups excluding carboxylic acids is 1. The van der Waals surface area contributed by atoms with Crippen LogP contribution in [0.3, 0.4) is 0 Å². The molecule has 148 valence electrons. The van der Waals surface area contributed by atoms with Crippen LogP contribution in [0.2, 0.25) is 0 Å². The highest BCUT2D eigenvalue weighted by molar-refractivity contribution is 5.78. The predicted molar refractivity (Wildman–Crippen MR) is 108 cm³/mol. The summed E-state index contributed by atoms with van der Waals surface area (Å²) in [5.41, 5.74) is 2.10. The molecular formula is C22H26N2O4. The Labute approximate surface area is 165 Å². The smallest absolute Gasteiger partial charge is 0.234 e. The number of benzene rings is 2. The van der Waals surface area contributed by atoms with Crippen LogP contribution in [-0.4, -0.2) is 37.8 Å². The molecule has 0 unspecified atom stereocenters. The fourth-order valence-corrected chi connectivity index (χ4v) is 3.01. The molecule has 6 heteroatoms. The van der Waals surface area contributed by atoms with E-state index in [1.807, 2.05) is 61.3 Å². The third kappa shape index (κ3) is 5.27. The Morgan fingerprint density at radius 2 is 2.00 bits per heavy atom. The monoisotopic (exact) mass is 382 g/mol. The molecule has 1 atom stereocenters. The van der Waals surface area contributed by atoms with Gasteiger partial charge in [0.1, 0.15) is 12.4 Å². The number of carbonyl (C=O) groups is 1. The molecule has 0 spiro atoms. The lowest BCUT2D eigenvalue weighted by molar-refractivity contribution is -0.122. The van der Waals surface area contributed by atoms with Gasteiger partial charge < -0.3 is 19.5 Å². The highest BCUT2D eigenvalue weighted by Crippen LogP contribution is 2.34. The molecule has 2 aromatic carbocycles. The summed E-state index contributed by atoms with van der Waals surface area (Å²) in [5.74, 6) is 2.24. The molecule has 28 heavy (non-hydrogen) atoms. The van der Waals surface area contributed by atoms with Crippen LogP contribution in [0.15, 0.2) is 55.1 Å². The molecule has 0 radical (unpaired) electrons. The van der Waals surface area contributed by atoms with Gasteiger partial charge in [0, 0.05) is 6.54 Å². The van der Waals surface area contributed by atoms with Crippen LogP contribution in [0.5, 0.6) is 17.2 Å². The second-order valence-corrected chi connectivity index (χ2v) is 6.82. The molecule has 0 bridgehead atoms. The fraction of sp³-hybridized carbons (Fsp3) is 0.318. The van der Waals surface area contributed by atoms with Crippen LogP contribution in [0.4, 0.5) is 0 Å². The molecule has 2 aromatic rings. The Morgan fingerprint density at radius 1 is 1.25 bits per heavy atom. The quantitative estimate of drug-likeness (QED) is 0.675. The summed E-state index contributed by atoms with van der Waals surface area (Å²) in [4.78, 5) is 14.4. The zero-order valence-electron chi connectivity index (χ0n) is 16.3. The van der Waals surface area contributed by atoms with Crippen molar-refractivity contribution in [3.05, 3.63) is 66.2 Å². The van der Waals surface area contributed by atoms with E-state index in [1.165, 1.54) is 0 Å². The molecule has 3 rings (SSSR count). The van der Waals surface area contributed by atoms with Crippen molar-refractivity contribution in [2.45, 2.75) is 19.5 Å². The predicted octanol–water partition coefficient (Wildman–Crippen LogP) is 3.29. The Balaban J connectivity index is 1.47. The van der Waals surface area contributed by atoms with Crippen molar-refractivity contribution in [3.63, 3.8) is 0 Å². The third-order valence-electron chi connectivity index (χ3n) is 4.43. The van der Waals surface area contributed by atoms with Gasteiger partial charge in [-0.1, -0.05) is 30.9 Å². The Morgan fingerprint density at radius 3 is 2.75 bits per heavy atom. The first kappa shape index (κ1) is 19.8. The van der Waals surface area contributed by atoms with Gasteiger partial charge in [-0.05, 0) is 49.4 Å². The van der Waals surface area contributed by atoms with Crippen LogP contribution < -0.4 is 19.5 Å². The first-order valence-corrected chi connectivity index (χ1v) is 9.25. The summed E-state index contributed by atoms with van der Waals surface area (Å²) in [6, 6.07) is 13.5. The number of ether oxygens (including phenoxy) is 3. The highest BCUT2D eigenvalue weighted by Gasteiger charge is 2.17. The van der Waals surface area contributed by atoms with E-state index in [1.54, 1.807) is 6.08 Å². The van der Waals surface area contributed by atoms with E-state index in [-0.39, 0.29) is 18.7 Å². The van der Waals surface area contributed by atoms with E-state index < -0.39 is 0 Å². The Bertz CT molecular complexity index is 820. The van der Waals surface area contributed by atoms with Gasteiger partial charge in [0.2, 0.25) is 12.7 Å². The van der Waals surface area contributed by atoms with Gasteiger partial charge in [0.25, 0.3) is 0 Å². The van der Waals surface area contributed by atoms with Crippen molar-refractivity contribution in [2.24, 2.45) is 0 Å². The maximum atomic E-state index is 12.4. The van der Waals surface area contributed by atoms with Gasteiger partial charge in [-0.2, -0.15) is 0 Å². The second-order valence-electron chi connectivity index (χ2n) is 6.82. The van der Waals surface area contributed by atoms with Crippen molar-refractivity contribution in [3.8, 4) is 17.2 Å². The number of nitrogens with one attached hydrogen (secondary N) is 1. The summed E-state index contributed by atoms with van der Waals surface area (Å²) in [5, 5.41) is 3.03. The van der Waals surface area contributed by atoms with Gasteiger partial charge in [-0.25, -0.2) is 0 Å². The van der Waals surface area contributed by atoms with Crippen molar-refractivity contribution in [1.29, 1.82) is 0 Å². The van der Waals surface area contributed by atoms with Crippen LogP contribution in [0.25, 0.3) is 0 Å². The van der Waals surface area contributed by atoms with Crippen LogP contribution in [-0.2, 0) is 11.3 Å². The van der Waals surface area contributed by atoms with Crippen molar-refractivity contribution in [2.75, 3.05) is 27.0 Å². The average molecular weight is 382 g/mol. The van der Waals surface area contributed by atoms with Gasteiger partial charge in [0.15, 0.2) is 11.5 Å². The third-order valence-corrected chi connectivity index (χ3v) is 4.43. The summed E-state index contributed by atoms with van der Waals surface area (Å²) in [6.07, 6.45) is 1.71. The number of fused-ring (bicyclic) bond motifs is 1. The topological polar surface area (TPSA) is 60.0 Å². The average Bonchev–Trinajstić information content (AvgIpc) is 3.15.